The Morgan fingerprint density at radius 1 is 1.37 bits per heavy atom. The van der Waals surface area contributed by atoms with Crippen LogP contribution in [-0.4, -0.2) is 37.4 Å². The highest BCUT2D eigenvalue weighted by atomic mass is 16.5. The number of ether oxygens (including phenoxy) is 1. The number of benzene rings is 1. The van der Waals surface area contributed by atoms with E-state index in [0.29, 0.717) is 12.3 Å². The summed E-state index contributed by atoms with van der Waals surface area (Å²) in [6.45, 7) is 7.04. The van der Waals surface area contributed by atoms with Crippen LogP contribution in [0.15, 0.2) is 18.2 Å². The lowest BCUT2D eigenvalue weighted by atomic mass is 10.1. The van der Waals surface area contributed by atoms with E-state index in [1.54, 1.807) is 12.1 Å². The molecule has 0 spiro atoms. The molecule has 19 heavy (non-hydrogen) atoms. The fraction of sp³-hybridized carbons (Fsp3) is 0.500. The van der Waals surface area contributed by atoms with Gasteiger partial charge in [-0.25, -0.2) is 4.79 Å². The summed E-state index contributed by atoms with van der Waals surface area (Å²) in [5.41, 5.74) is 7.47. The van der Waals surface area contributed by atoms with E-state index in [-0.39, 0.29) is 5.56 Å². The molecule has 1 aromatic carbocycles. The maximum Gasteiger partial charge on any atom is 0.335 e. The minimum Gasteiger partial charge on any atom is -0.478 e. The van der Waals surface area contributed by atoms with Gasteiger partial charge in [-0.3, -0.25) is 0 Å². The highest BCUT2D eigenvalue weighted by Gasteiger charge is 2.11. The van der Waals surface area contributed by atoms with Crippen LogP contribution < -0.4 is 10.6 Å². The Morgan fingerprint density at radius 2 is 2.11 bits per heavy atom. The third-order valence-corrected chi connectivity index (χ3v) is 2.85. The average molecular weight is 266 g/mol. The minimum atomic E-state index is -0.965. The van der Waals surface area contributed by atoms with Gasteiger partial charge < -0.3 is 20.5 Å². The van der Waals surface area contributed by atoms with Crippen molar-refractivity contribution in [2.45, 2.75) is 20.3 Å². The molecule has 0 heterocycles. The zero-order valence-corrected chi connectivity index (χ0v) is 11.6. The van der Waals surface area contributed by atoms with Crippen molar-refractivity contribution in [3.05, 3.63) is 23.8 Å². The van der Waals surface area contributed by atoms with E-state index in [1.807, 2.05) is 6.92 Å². The number of rotatable bonds is 8. The summed E-state index contributed by atoms with van der Waals surface area (Å²) >= 11 is 0. The molecule has 0 saturated heterocycles. The SMILES string of the molecule is CCCOCCN(CC)c1ccc(C(=O)O)cc1N. The highest BCUT2D eigenvalue weighted by Crippen LogP contribution is 2.24. The van der Waals surface area contributed by atoms with E-state index in [4.69, 9.17) is 15.6 Å². The molecule has 0 amide bonds. The largest absolute Gasteiger partial charge is 0.478 e. The first kappa shape index (κ1) is 15.3. The summed E-state index contributed by atoms with van der Waals surface area (Å²) in [6.07, 6.45) is 1.00. The second-order valence-corrected chi connectivity index (χ2v) is 4.27. The standard InChI is InChI=1S/C14H22N2O3/c1-3-8-19-9-7-16(4-2)13-6-5-11(14(17)18)10-12(13)15/h5-6,10H,3-4,7-9,15H2,1-2H3,(H,17,18). The van der Waals surface area contributed by atoms with Gasteiger partial charge in [0.15, 0.2) is 0 Å². The van der Waals surface area contributed by atoms with Gasteiger partial charge in [-0.2, -0.15) is 0 Å². The molecular formula is C14H22N2O3. The number of nitrogens with zero attached hydrogens (tertiary/aromatic N) is 1. The van der Waals surface area contributed by atoms with Crippen LogP contribution in [0.2, 0.25) is 0 Å². The maximum absolute atomic E-state index is 10.9. The van der Waals surface area contributed by atoms with Crippen LogP contribution in [-0.2, 0) is 4.74 Å². The summed E-state index contributed by atoms with van der Waals surface area (Å²) in [6, 6.07) is 4.82. The highest BCUT2D eigenvalue weighted by molar-refractivity contribution is 5.90. The Labute approximate surface area is 114 Å². The topological polar surface area (TPSA) is 75.8 Å². The molecular weight excluding hydrogens is 244 g/mol. The molecule has 106 valence electrons. The second-order valence-electron chi connectivity index (χ2n) is 4.27. The van der Waals surface area contributed by atoms with Gasteiger partial charge in [-0.1, -0.05) is 6.92 Å². The molecule has 0 aliphatic rings. The van der Waals surface area contributed by atoms with Crippen LogP contribution in [0.3, 0.4) is 0 Å². The Bertz CT molecular complexity index is 421. The fourth-order valence-corrected chi connectivity index (χ4v) is 1.85. The van der Waals surface area contributed by atoms with Crippen molar-refractivity contribution in [3.63, 3.8) is 0 Å². The lowest BCUT2D eigenvalue weighted by molar-refractivity contribution is 0.0697. The number of nitrogen functional groups attached to an aromatic ring is 1. The normalized spacial score (nSPS) is 10.4. The average Bonchev–Trinajstić information content (AvgIpc) is 2.39. The monoisotopic (exact) mass is 266 g/mol. The number of hydrogen-bond acceptors (Lipinski definition) is 4. The Morgan fingerprint density at radius 3 is 2.63 bits per heavy atom. The van der Waals surface area contributed by atoms with Crippen LogP contribution in [0.25, 0.3) is 0 Å². The van der Waals surface area contributed by atoms with E-state index in [9.17, 15) is 4.79 Å². The van der Waals surface area contributed by atoms with Crippen LogP contribution in [0.5, 0.6) is 0 Å². The Kier molecular flexibility index (Phi) is 6.15. The van der Waals surface area contributed by atoms with Gasteiger partial charge >= 0.3 is 5.97 Å². The van der Waals surface area contributed by atoms with Crippen molar-refractivity contribution in [1.82, 2.24) is 0 Å². The molecule has 0 aliphatic carbocycles. The smallest absolute Gasteiger partial charge is 0.335 e. The summed E-state index contributed by atoms with van der Waals surface area (Å²) in [5, 5.41) is 8.91. The lowest BCUT2D eigenvalue weighted by Gasteiger charge is -2.24. The molecule has 0 aromatic heterocycles. The number of hydrogen-bond donors (Lipinski definition) is 2. The zero-order valence-electron chi connectivity index (χ0n) is 11.6. The molecule has 0 bridgehead atoms. The second kappa shape index (κ2) is 7.63. The molecule has 0 radical (unpaired) electrons. The summed E-state index contributed by atoms with van der Waals surface area (Å²) in [7, 11) is 0. The predicted molar refractivity (Wildman–Crippen MR) is 76.8 cm³/mol. The molecule has 5 heteroatoms. The quantitative estimate of drug-likeness (QED) is 0.557. The van der Waals surface area contributed by atoms with Gasteiger partial charge in [0, 0.05) is 19.7 Å². The van der Waals surface area contributed by atoms with Gasteiger partial charge in [0.25, 0.3) is 0 Å². The third kappa shape index (κ3) is 4.44. The molecule has 1 aromatic rings. The van der Waals surface area contributed by atoms with Crippen LogP contribution in [0.4, 0.5) is 11.4 Å². The molecule has 5 nitrogen and oxygen atoms in total. The van der Waals surface area contributed by atoms with E-state index in [2.05, 4.69) is 11.8 Å². The van der Waals surface area contributed by atoms with E-state index < -0.39 is 5.97 Å². The van der Waals surface area contributed by atoms with Crippen molar-refractivity contribution in [2.24, 2.45) is 0 Å². The first-order chi connectivity index (χ1) is 9.10. The molecule has 0 atom stereocenters. The molecule has 0 unspecified atom stereocenters. The first-order valence-electron chi connectivity index (χ1n) is 6.55. The summed E-state index contributed by atoms with van der Waals surface area (Å²) in [4.78, 5) is 12.9. The molecule has 0 aliphatic heterocycles. The molecule has 0 saturated carbocycles. The third-order valence-electron chi connectivity index (χ3n) is 2.85. The van der Waals surface area contributed by atoms with Gasteiger partial charge in [0.1, 0.15) is 0 Å². The Hall–Kier alpha value is -1.75. The molecule has 3 N–H and O–H groups in total. The first-order valence-corrected chi connectivity index (χ1v) is 6.55. The van der Waals surface area contributed by atoms with E-state index in [0.717, 1.165) is 31.8 Å². The van der Waals surface area contributed by atoms with Crippen molar-refractivity contribution >= 4 is 17.3 Å². The van der Waals surface area contributed by atoms with Crippen LogP contribution in [0, 0.1) is 0 Å². The summed E-state index contributed by atoms with van der Waals surface area (Å²) in [5.74, 6) is -0.965. The van der Waals surface area contributed by atoms with Gasteiger partial charge in [0.2, 0.25) is 0 Å². The Balaban J connectivity index is 2.72. The van der Waals surface area contributed by atoms with Gasteiger partial charge in [-0.05, 0) is 31.5 Å². The number of aromatic carboxylic acids is 1. The maximum atomic E-state index is 10.9. The predicted octanol–water partition coefficient (Wildman–Crippen LogP) is 2.22. The van der Waals surface area contributed by atoms with Crippen molar-refractivity contribution in [3.8, 4) is 0 Å². The number of carbonyl (C=O) groups is 1. The minimum absolute atomic E-state index is 0.208. The lowest BCUT2D eigenvalue weighted by Crippen LogP contribution is -2.28. The number of nitrogens with two attached hydrogens (primary N) is 1. The van der Waals surface area contributed by atoms with Gasteiger partial charge in [-0.15, -0.1) is 0 Å². The zero-order chi connectivity index (χ0) is 14.3. The van der Waals surface area contributed by atoms with Gasteiger partial charge in [0.05, 0.1) is 23.5 Å². The molecule has 0 fully saturated rings. The number of anilines is 2. The fourth-order valence-electron chi connectivity index (χ4n) is 1.85. The van der Waals surface area contributed by atoms with Crippen molar-refractivity contribution in [2.75, 3.05) is 36.9 Å². The van der Waals surface area contributed by atoms with E-state index in [1.165, 1.54) is 6.07 Å². The summed E-state index contributed by atoms with van der Waals surface area (Å²) < 4.78 is 5.46. The van der Waals surface area contributed by atoms with Crippen molar-refractivity contribution in [1.29, 1.82) is 0 Å². The number of carboxylic acid groups (broad SMARTS) is 1. The van der Waals surface area contributed by atoms with Crippen LogP contribution in [0.1, 0.15) is 30.6 Å². The van der Waals surface area contributed by atoms with E-state index >= 15 is 0 Å². The van der Waals surface area contributed by atoms with Crippen LogP contribution >= 0.6 is 0 Å². The number of likely N-dealkylation sites (N-methyl/N-ethyl adjacent to an activating group) is 1. The molecule has 1 rings (SSSR count). The van der Waals surface area contributed by atoms with Crippen molar-refractivity contribution < 1.29 is 14.6 Å². The number of carboxylic acids is 1.